The molecule has 118 valence electrons. The summed E-state index contributed by atoms with van der Waals surface area (Å²) < 4.78 is 2.27. The zero-order valence-electron chi connectivity index (χ0n) is 13.1. The van der Waals surface area contributed by atoms with Crippen molar-refractivity contribution in [3.63, 3.8) is 0 Å². The van der Waals surface area contributed by atoms with Gasteiger partial charge in [-0.15, -0.1) is 0 Å². The highest BCUT2D eigenvalue weighted by Crippen LogP contribution is 2.30. The van der Waals surface area contributed by atoms with E-state index in [4.69, 9.17) is 5.11 Å². The van der Waals surface area contributed by atoms with Crippen LogP contribution in [0.25, 0.3) is 21.8 Å². The molecule has 4 aromatic rings. The molecular weight excluding hydrogens is 298 g/mol. The number of rotatable bonds is 4. The summed E-state index contributed by atoms with van der Waals surface area (Å²) in [5.41, 5.74) is 4.30. The maximum absolute atomic E-state index is 11.0. The zero-order chi connectivity index (χ0) is 16.5. The summed E-state index contributed by atoms with van der Waals surface area (Å²) in [5, 5.41) is 11.4. The second-order valence-corrected chi connectivity index (χ2v) is 6.01. The average Bonchev–Trinajstić information content (AvgIpc) is 2.89. The van der Waals surface area contributed by atoms with E-state index in [2.05, 4.69) is 28.8 Å². The van der Waals surface area contributed by atoms with Crippen molar-refractivity contribution in [1.82, 2.24) is 4.57 Å². The predicted molar refractivity (Wildman–Crippen MR) is 96.3 cm³/mol. The van der Waals surface area contributed by atoms with E-state index in [1.165, 1.54) is 16.5 Å². The zero-order valence-corrected chi connectivity index (χ0v) is 13.1. The first kappa shape index (κ1) is 14.5. The Morgan fingerprint density at radius 2 is 1.50 bits per heavy atom. The van der Waals surface area contributed by atoms with E-state index in [0.717, 1.165) is 23.0 Å². The van der Waals surface area contributed by atoms with Crippen LogP contribution in [-0.4, -0.2) is 15.6 Å². The number of carboxylic acid groups (broad SMARTS) is 1. The van der Waals surface area contributed by atoms with Crippen molar-refractivity contribution in [1.29, 1.82) is 0 Å². The van der Waals surface area contributed by atoms with Gasteiger partial charge in [-0.25, -0.2) is 0 Å². The molecule has 0 saturated carbocycles. The predicted octanol–water partition coefficient (Wildman–Crippen LogP) is 4.47. The quantitative estimate of drug-likeness (QED) is 0.604. The summed E-state index contributed by atoms with van der Waals surface area (Å²) in [4.78, 5) is 11.0. The number of hydrogen-bond donors (Lipinski definition) is 1. The van der Waals surface area contributed by atoms with Crippen molar-refractivity contribution in [3.05, 3.63) is 83.9 Å². The van der Waals surface area contributed by atoms with Crippen molar-refractivity contribution in [2.24, 2.45) is 0 Å². The molecule has 4 rings (SSSR count). The summed E-state index contributed by atoms with van der Waals surface area (Å²) in [6.45, 7) is 0.765. The van der Waals surface area contributed by atoms with Gasteiger partial charge in [0.15, 0.2) is 0 Å². The van der Waals surface area contributed by atoms with Gasteiger partial charge in [0.25, 0.3) is 0 Å². The average molecular weight is 315 g/mol. The molecule has 0 unspecified atom stereocenters. The molecule has 0 bridgehead atoms. The van der Waals surface area contributed by atoms with Crippen LogP contribution in [0.1, 0.15) is 11.1 Å². The van der Waals surface area contributed by atoms with E-state index in [0.29, 0.717) is 0 Å². The van der Waals surface area contributed by atoms with Crippen LogP contribution < -0.4 is 0 Å². The lowest BCUT2D eigenvalue weighted by molar-refractivity contribution is -0.136. The number of carboxylic acids is 1. The second kappa shape index (κ2) is 5.85. The molecule has 0 saturated heterocycles. The Hall–Kier alpha value is -3.07. The molecule has 0 spiro atoms. The van der Waals surface area contributed by atoms with E-state index < -0.39 is 5.97 Å². The number of fused-ring (bicyclic) bond motifs is 3. The lowest BCUT2D eigenvalue weighted by Gasteiger charge is -2.08. The number of hydrogen-bond acceptors (Lipinski definition) is 1. The van der Waals surface area contributed by atoms with Crippen molar-refractivity contribution >= 4 is 27.8 Å². The van der Waals surface area contributed by atoms with Crippen LogP contribution in [0.15, 0.2) is 72.8 Å². The van der Waals surface area contributed by atoms with Gasteiger partial charge in [0.05, 0.1) is 6.42 Å². The molecule has 0 radical (unpaired) electrons. The maximum Gasteiger partial charge on any atom is 0.307 e. The fourth-order valence-electron chi connectivity index (χ4n) is 3.32. The number of para-hydroxylation sites is 1. The fourth-order valence-corrected chi connectivity index (χ4v) is 3.32. The van der Waals surface area contributed by atoms with E-state index in [1.54, 1.807) is 0 Å². The molecule has 0 aliphatic carbocycles. The first-order valence-corrected chi connectivity index (χ1v) is 7.98. The number of carbonyl (C=O) groups is 1. The standard InChI is InChI=1S/C21H17NO2/c23-21(24)13-16-10-11-18-17-8-4-5-9-19(17)22(20(18)12-16)14-15-6-2-1-3-7-15/h1-12H,13-14H2,(H,23,24). The molecule has 3 nitrogen and oxygen atoms in total. The van der Waals surface area contributed by atoms with Gasteiger partial charge < -0.3 is 9.67 Å². The van der Waals surface area contributed by atoms with Gasteiger partial charge in [-0.1, -0.05) is 60.7 Å². The number of aromatic nitrogens is 1. The van der Waals surface area contributed by atoms with Gasteiger partial charge in [0.1, 0.15) is 0 Å². The second-order valence-electron chi connectivity index (χ2n) is 6.01. The normalized spacial score (nSPS) is 11.2. The molecule has 1 aromatic heterocycles. The monoisotopic (exact) mass is 315 g/mol. The molecule has 24 heavy (non-hydrogen) atoms. The van der Waals surface area contributed by atoms with Gasteiger partial charge in [-0.05, 0) is 23.3 Å². The minimum absolute atomic E-state index is 0.0444. The van der Waals surface area contributed by atoms with Crippen molar-refractivity contribution in [3.8, 4) is 0 Å². The van der Waals surface area contributed by atoms with E-state index >= 15 is 0 Å². The lowest BCUT2D eigenvalue weighted by atomic mass is 10.1. The Bertz CT molecular complexity index is 1030. The Morgan fingerprint density at radius 3 is 2.29 bits per heavy atom. The van der Waals surface area contributed by atoms with Gasteiger partial charge >= 0.3 is 5.97 Å². The summed E-state index contributed by atoms with van der Waals surface area (Å²) in [5.74, 6) is -0.805. The molecule has 0 amide bonds. The highest BCUT2D eigenvalue weighted by molar-refractivity contribution is 6.08. The van der Waals surface area contributed by atoms with Crippen molar-refractivity contribution < 1.29 is 9.90 Å². The third-order valence-corrected chi connectivity index (χ3v) is 4.38. The highest BCUT2D eigenvalue weighted by atomic mass is 16.4. The summed E-state index contributed by atoms with van der Waals surface area (Å²) in [6, 6.07) is 24.6. The molecule has 3 heteroatoms. The summed E-state index contributed by atoms with van der Waals surface area (Å²) in [7, 11) is 0. The third-order valence-electron chi connectivity index (χ3n) is 4.38. The van der Waals surface area contributed by atoms with Crippen LogP contribution in [0, 0.1) is 0 Å². The van der Waals surface area contributed by atoms with Crippen LogP contribution >= 0.6 is 0 Å². The molecule has 1 heterocycles. The van der Waals surface area contributed by atoms with Crippen LogP contribution in [0.5, 0.6) is 0 Å². The van der Waals surface area contributed by atoms with Crippen LogP contribution in [0.2, 0.25) is 0 Å². The fraction of sp³-hybridized carbons (Fsp3) is 0.0952. The van der Waals surface area contributed by atoms with Gasteiger partial charge in [0, 0.05) is 28.4 Å². The summed E-state index contributed by atoms with van der Waals surface area (Å²) >= 11 is 0. The van der Waals surface area contributed by atoms with Gasteiger partial charge in [0.2, 0.25) is 0 Å². The highest BCUT2D eigenvalue weighted by Gasteiger charge is 2.12. The van der Waals surface area contributed by atoms with Crippen LogP contribution in [0.4, 0.5) is 0 Å². The lowest BCUT2D eigenvalue weighted by Crippen LogP contribution is -2.02. The Kier molecular flexibility index (Phi) is 3.54. The van der Waals surface area contributed by atoms with Crippen molar-refractivity contribution in [2.75, 3.05) is 0 Å². The van der Waals surface area contributed by atoms with Crippen molar-refractivity contribution in [2.45, 2.75) is 13.0 Å². The molecule has 0 aliphatic rings. The Morgan fingerprint density at radius 1 is 0.792 bits per heavy atom. The van der Waals surface area contributed by atoms with Gasteiger partial charge in [-0.3, -0.25) is 4.79 Å². The molecule has 0 atom stereocenters. The maximum atomic E-state index is 11.0. The SMILES string of the molecule is O=C(O)Cc1ccc2c3ccccc3n(Cc3ccccc3)c2c1. The first-order valence-electron chi connectivity index (χ1n) is 7.98. The smallest absolute Gasteiger partial charge is 0.307 e. The van der Waals surface area contributed by atoms with E-state index in [9.17, 15) is 4.79 Å². The minimum atomic E-state index is -0.805. The van der Waals surface area contributed by atoms with E-state index in [1.807, 2.05) is 48.5 Å². The largest absolute Gasteiger partial charge is 0.481 e. The number of nitrogens with zero attached hydrogens (tertiary/aromatic N) is 1. The molecular formula is C21H17NO2. The molecule has 0 aliphatic heterocycles. The van der Waals surface area contributed by atoms with Gasteiger partial charge in [-0.2, -0.15) is 0 Å². The van der Waals surface area contributed by atoms with E-state index in [-0.39, 0.29) is 6.42 Å². The first-order chi connectivity index (χ1) is 11.7. The minimum Gasteiger partial charge on any atom is -0.481 e. The molecule has 3 aromatic carbocycles. The summed E-state index contributed by atoms with van der Waals surface area (Å²) in [6.07, 6.45) is 0.0444. The Labute approximate surface area is 139 Å². The Balaban J connectivity index is 1.94. The third kappa shape index (κ3) is 2.54. The molecule has 0 fully saturated rings. The van der Waals surface area contributed by atoms with Crippen LogP contribution in [0.3, 0.4) is 0 Å². The number of aliphatic carboxylic acids is 1. The number of benzene rings is 3. The topological polar surface area (TPSA) is 42.2 Å². The molecule has 1 N–H and O–H groups in total. The van der Waals surface area contributed by atoms with Crippen LogP contribution in [-0.2, 0) is 17.8 Å².